The lowest BCUT2D eigenvalue weighted by Gasteiger charge is -2.29. The van der Waals surface area contributed by atoms with Crippen LogP contribution in [-0.4, -0.2) is 129 Å². The summed E-state index contributed by atoms with van der Waals surface area (Å²) >= 11 is 0. The lowest BCUT2D eigenvalue weighted by molar-refractivity contribution is 0.0582. The summed E-state index contributed by atoms with van der Waals surface area (Å²) in [4.78, 5) is 104. The molecule has 11 N–H and O–H groups in total. The highest BCUT2D eigenvalue weighted by molar-refractivity contribution is 5.89. The maximum atomic E-state index is 12.5. The first-order valence-corrected chi connectivity index (χ1v) is 31.0. The lowest BCUT2D eigenvalue weighted by atomic mass is 9.92. The van der Waals surface area contributed by atoms with Crippen LogP contribution in [0.25, 0.3) is 0 Å². The monoisotopic (exact) mass is 1270 g/mol. The van der Waals surface area contributed by atoms with Crippen molar-refractivity contribution in [2.45, 2.75) is 216 Å². The van der Waals surface area contributed by atoms with Gasteiger partial charge in [-0.2, -0.15) is 0 Å². The molecule has 0 unspecified atom stereocenters. The fourth-order valence-electron chi connectivity index (χ4n) is 11.5. The van der Waals surface area contributed by atoms with E-state index >= 15 is 0 Å². The van der Waals surface area contributed by atoms with E-state index in [-0.39, 0.29) is 75.5 Å². The Hall–Kier alpha value is -8.01. The number of aromatic nitrogens is 4. The van der Waals surface area contributed by atoms with Gasteiger partial charge in [-0.1, -0.05) is 64.2 Å². The van der Waals surface area contributed by atoms with Gasteiger partial charge >= 0.3 is 29.6 Å². The second-order valence-electron chi connectivity index (χ2n) is 24.0. The molecule has 5 aliphatic rings. The maximum absolute atomic E-state index is 12.5. The van der Waals surface area contributed by atoms with Gasteiger partial charge < -0.3 is 79.0 Å². The number of nitrogens with zero attached hydrogens (tertiary/aromatic N) is 4. The standard InChI is InChI=1S/C16H24N2O4.C13H17NO4.C12H15NO4.C11H16N2O2.C7H6O4.C6H13NO/c1-16(2,3)22-15(21)17-11-7-6-10-18(14(11)20)12-8-4-5-9-13(12)19;1-18-13(17)9-5-4-8-14(12(9)16)10-6-2-3-7-11(10)15;14-10-6-2-1-5-9(10)13-7-3-4-8(11(13)15)12(16)17;12-8-4-3-7-13(11(8)15)9-5-1-2-6-10(9)14;1-10-6(8)5-3-2-4-11-7(5)9;7-5-3-1-2-4-6(5)8/h6-7,10,12-13,19H,4-5,8-9H2,1-3H3,(H,17,21);4-5,8,10-11,15H,2-3,6-7H2,1H3;3-4,7,9-10,14H,1-2,5-6H2,(H,16,17);3-4,7,9-10,14H,1-2,5-6,12H2;2-4H,1H3;5-6,8H,1-4,7H2/t12-,13+;10-,11+;2*9-,10+;;5-,6+/m0000.0/s1. The Balaban J connectivity index is 0.000000203. The van der Waals surface area contributed by atoms with Crippen molar-refractivity contribution in [1.29, 1.82) is 0 Å². The largest absolute Gasteiger partial charge is 0.477 e. The Morgan fingerprint density at radius 2 is 0.857 bits per heavy atom. The van der Waals surface area contributed by atoms with Gasteiger partial charge in [0.25, 0.3) is 22.2 Å². The number of hydrogen-bond donors (Lipinski definition) is 9. The maximum Gasteiger partial charge on any atom is 0.412 e. The number of nitrogens with two attached hydrogens (primary N) is 2. The molecule has 5 aromatic rings. The highest BCUT2D eigenvalue weighted by Crippen LogP contribution is 2.31. The van der Waals surface area contributed by atoms with Crippen LogP contribution in [0.15, 0.2) is 120 Å². The molecule has 5 aromatic heterocycles. The van der Waals surface area contributed by atoms with Gasteiger partial charge in [0.1, 0.15) is 28.0 Å². The zero-order valence-corrected chi connectivity index (χ0v) is 52.5. The van der Waals surface area contributed by atoms with E-state index in [4.69, 9.17) is 26.4 Å². The minimum atomic E-state index is -1.23. The molecule has 0 aromatic carbocycles. The number of amides is 1. The van der Waals surface area contributed by atoms with E-state index in [2.05, 4.69) is 19.2 Å². The van der Waals surface area contributed by atoms with Crippen molar-refractivity contribution in [2.24, 2.45) is 5.73 Å². The molecule has 5 fully saturated rings. The highest BCUT2D eigenvalue weighted by Gasteiger charge is 2.30. The number of pyridine rings is 4. The van der Waals surface area contributed by atoms with E-state index in [9.17, 15) is 63.6 Å². The van der Waals surface area contributed by atoms with E-state index in [0.717, 1.165) is 96.3 Å². The number of nitrogen functional groups attached to an aromatic ring is 1. The van der Waals surface area contributed by atoms with Crippen molar-refractivity contribution >= 4 is 35.4 Å². The minimum absolute atomic E-state index is 0.0118. The van der Waals surface area contributed by atoms with Gasteiger partial charge in [-0.3, -0.25) is 24.5 Å². The minimum Gasteiger partial charge on any atom is -0.477 e. The molecule has 0 aliphatic heterocycles. The summed E-state index contributed by atoms with van der Waals surface area (Å²) < 4.78 is 24.4. The molecule has 0 radical (unpaired) electrons. The fourth-order valence-corrected chi connectivity index (χ4v) is 11.5. The number of methoxy groups -OCH3 is 2. The summed E-state index contributed by atoms with van der Waals surface area (Å²) in [5.74, 6) is -2.55. The molecular weight excluding hydrogens is 1180 g/mol. The number of aromatic carboxylic acids is 1. The van der Waals surface area contributed by atoms with Crippen LogP contribution in [0.2, 0.25) is 0 Å². The molecule has 10 atom stereocenters. The van der Waals surface area contributed by atoms with Crippen LogP contribution in [0.3, 0.4) is 0 Å². The van der Waals surface area contributed by atoms with Gasteiger partial charge in [0.05, 0.1) is 80.9 Å². The van der Waals surface area contributed by atoms with Crippen LogP contribution >= 0.6 is 0 Å². The van der Waals surface area contributed by atoms with Gasteiger partial charge in [-0.05, 0) is 146 Å². The summed E-state index contributed by atoms with van der Waals surface area (Å²) in [7, 11) is 2.45. The molecule has 0 bridgehead atoms. The van der Waals surface area contributed by atoms with Crippen molar-refractivity contribution in [3.63, 3.8) is 0 Å². The number of esters is 2. The number of aliphatic hydroxyl groups excluding tert-OH is 5. The van der Waals surface area contributed by atoms with Crippen LogP contribution in [-0.2, 0) is 14.2 Å². The Labute approximate surface area is 527 Å². The van der Waals surface area contributed by atoms with Crippen molar-refractivity contribution in [3.05, 3.63) is 160 Å². The molecule has 26 nitrogen and oxygen atoms in total. The number of anilines is 2. The molecule has 26 heteroatoms. The predicted molar refractivity (Wildman–Crippen MR) is 338 cm³/mol. The number of carbonyl (C=O) groups excluding carboxylic acids is 3. The summed E-state index contributed by atoms with van der Waals surface area (Å²) in [6, 6.07) is 14.5. The average molecular weight is 1270 g/mol. The zero-order valence-electron chi connectivity index (χ0n) is 52.5. The molecule has 0 spiro atoms. The average Bonchev–Trinajstić information content (AvgIpc) is 1.37. The van der Waals surface area contributed by atoms with Gasteiger partial charge in [0.2, 0.25) is 0 Å². The van der Waals surface area contributed by atoms with Crippen LogP contribution in [0.4, 0.5) is 16.2 Å². The number of hydrogen-bond acceptors (Lipinski definition) is 20. The third-order valence-corrected chi connectivity index (χ3v) is 16.3. The van der Waals surface area contributed by atoms with Crippen LogP contribution in [0, 0.1) is 0 Å². The quantitative estimate of drug-likeness (QED) is 0.0600. The number of nitrogens with one attached hydrogen (secondary N) is 1. The number of carbonyl (C=O) groups is 4. The van der Waals surface area contributed by atoms with Crippen molar-refractivity contribution in [3.8, 4) is 0 Å². The smallest absolute Gasteiger partial charge is 0.412 e. The highest BCUT2D eigenvalue weighted by atomic mass is 16.6. The number of carboxylic acids is 1. The fraction of sp³-hybridized carbons (Fsp3) is 0.554. The Bertz CT molecular complexity index is 3450. The number of ether oxygens (including phenoxy) is 3. The summed E-state index contributed by atoms with van der Waals surface area (Å²) in [6.45, 7) is 5.27. The first-order chi connectivity index (χ1) is 43.3. The summed E-state index contributed by atoms with van der Waals surface area (Å²) in [5, 5.41) is 60.2. The molecular formula is C65H91N7O19. The van der Waals surface area contributed by atoms with E-state index < -0.39 is 70.8 Å². The van der Waals surface area contributed by atoms with Gasteiger partial charge in [0, 0.05) is 30.8 Å². The van der Waals surface area contributed by atoms with E-state index in [1.807, 2.05) is 0 Å². The summed E-state index contributed by atoms with van der Waals surface area (Å²) in [5.41, 5.74) is 8.42. The number of aliphatic hydroxyl groups is 5. The molecule has 1 amide bonds. The molecule has 5 heterocycles. The Morgan fingerprint density at radius 1 is 0.495 bits per heavy atom. The molecule has 5 aliphatic carbocycles. The lowest BCUT2D eigenvalue weighted by Crippen LogP contribution is -2.37. The first kappa shape index (κ1) is 73.7. The topological polar surface area (TPSA) is 400 Å². The van der Waals surface area contributed by atoms with Crippen LogP contribution in [0.5, 0.6) is 0 Å². The van der Waals surface area contributed by atoms with Crippen LogP contribution in [0.1, 0.15) is 204 Å². The molecule has 500 valence electrons. The molecule has 91 heavy (non-hydrogen) atoms. The Kier molecular flexibility index (Phi) is 29.3. The van der Waals surface area contributed by atoms with Crippen molar-refractivity contribution in [1.82, 2.24) is 18.3 Å². The van der Waals surface area contributed by atoms with Gasteiger partial charge in [-0.25, -0.2) is 24.0 Å². The van der Waals surface area contributed by atoms with Crippen LogP contribution < -0.4 is 44.6 Å². The van der Waals surface area contributed by atoms with E-state index in [0.29, 0.717) is 25.7 Å². The second kappa shape index (κ2) is 36.1. The molecule has 0 saturated heterocycles. The SMILES string of the molecule is CC(C)(C)OC(=O)Nc1cccn([C@H]2CCCC[C@H]2O)c1=O.COC(=O)c1cccn([C@H]2CCCC[C@H]2O)c1=O.COC(=O)c1cccoc1=O.N[C@H]1CCCC[C@H]1O.Nc1cccn([C@H]2CCCC[C@H]2O)c1=O.O=C(O)c1cccn([C@H]2CCCC[C@H]2O)c1=O. The van der Waals surface area contributed by atoms with E-state index in [1.165, 1.54) is 77.0 Å². The second-order valence-corrected chi connectivity index (χ2v) is 24.0. The Morgan fingerprint density at radius 3 is 1.25 bits per heavy atom. The normalized spacial score (nSPS) is 23.6. The zero-order chi connectivity index (χ0) is 67.0. The number of rotatable bonds is 8. The summed E-state index contributed by atoms with van der Waals surface area (Å²) in [6.07, 6.45) is 22.9. The van der Waals surface area contributed by atoms with E-state index in [1.54, 1.807) is 74.4 Å². The molecule has 5 saturated carbocycles. The first-order valence-electron chi connectivity index (χ1n) is 31.0. The van der Waals surface area contributed by atoms with Crippen molar-refractivity contribution in [2.75, 3.05) is 25.3 Å². The third-order valence-electron chi connectivity index (χ3n) is 16.3. The van der Waals surface area contributed by atoms with Crippen molar-refractivity contribution < 1.29 is 68.4 Å². The third kappa shape index (κ3) is 21.8. The predicted octanol–water partition coefficient (Wildman–Crippen LogP) is 6.39. The number of carboxylic acid groups (broad SMARTS) is 1. The van der Waals surface area contributed by atoms with Gasteiger partial charge in [0.15, 0.2) is 0 Å². The van der Waals surface area contributed by atoms with Gasteiger partial charge in [-0.15, -0.1) is 0 Å². The molecule has 10 rings (SSSR count).